The summed E-state index contributed by atoms with van der Waals surface area (Å²) in [5.74, 6) is 0. The van der Waals surface area contributed by atoms with Gasteiger partial charge in [-0.15, -0.1) is 0 Å². The van der Waals surface area contributed by atoms with E-state index < -0.39 is 5.69 Å². The SMILES string of the molecule is Cn1c(=O)c2c(nc(Br)n2Cc2cccc(Cl)c2)n(C)c1=O. The largest absolute Gasteiger partial charge is 0.332 e. The molecule has 0 bridgehead atoms. The molecular weight excluding hydrogens is 372 g/mol. The van der Waals surface area contributed by atoms with E-state index in [0.29, 0.717) is 27.5 Å². The lowest BCUT2D eigenvalue weighted by molar-refractivity contribution is 0.702. The third kappa shape index (κ3) is 2.30. The molecule has 0 fully saturated rings. The number of imidazole rings is 1. The van der Waals surface area contributed by atoms with Crippen molar-refractivity contribution in [2.75, 3.05) is 0 Å². The molecule has 2 aromatic heterocycles. The van der Waals surface area contributed by atoms with Crippen LogP contribution in [0.1, 0.15) is 5.56 Å². The second-order valence-electron chi connectivity index (χ2n) is 4.97. The molecule has 2 heterocycles. The maximum absolute atomic E-state index is 12.4. The summed E-state index contributed by atoms with van der Waals surface area (Å²) in [5.41, 5.74) is 0.873. The highest BCUT2D eigenvalue weighted by Gasteiger charge is 2.17. The van der Waals surface area contributed by atoms with E-state index >= 15 is 0 Å². The van der Waals surface area contributed by atoms with Gasteiger partial charge >= 0.3 is 5.69 Å². The number of rotatable bonds is 2. The number of hydrogen-bond donors (Lipinski definition) is 0. The van der Waals surface area contributed by atoms with E-state index in [4.69, 9.17) is 11.6 Å². The van der Waals surface area contributed by atoms with E-state index in [1.165, 1.54) is 11.6 Å². The van der Waals surface area contributed by atoms with Gasteiger partial charge in [0.2, 0.25) is 0 Å². The van der Waals surface area contributed by atoms with E-state index in [1.54, 1.807) is 17.7 Å². The molecule has 8 heteroatoms. The molecular formula is C14H12BrClN4O2. The Morgan fingerprint density at radius 3 is 2.64 bits per heavy atom. The fraction of sp³-hybridized carbons (Fsp3) is 0.214. The Kier molecular flexibility index (Phi) is 3.70. The Balaban J connectivity index is 2.29. The fourth-order valence-electron chi connectivity index (χ4n) is 2.38. The Bertz CT molecular complexity index is 1000. The van der Waals surface area contributed by atoms with Crippen LogP contribution in [0.5, 0.6) is 0 Å². The van der Waals surface area contributed by atoms with Gasteiger partial charge in [0.15, 0.2) is 15.9 Å². The molecule has 3 rings (SSSR count). The van der Waals surface area contributed by atoms with Crippen LogP contribution in [0.4, 0.5) is 0 Å². The topological polar surface area (TPSA) is 61.8 Å². The number of benzene rings is 1. The van der Waals surface area contributed by atoms with Gasteiger partial charge in [-0.3, -0.25) is 13.9 Å². The lowest BCUT2D eigenvalue weighted by Crippen LogP contribution is -2.37. The van der Waals surface area contributed by atoms with Gasteiger partial charge < -0.3 is 4.57 Å². The zero-order chi connectivity index (χ0) is 16.0. The Labute approximate surface area is 138 Å². The van der Waals surface area contributed by atoms with Gasteiger partial charge in [-0.05, 0) is 33.6 Å². The van der Waals surface area contributed by atoms with E-state index in [1.807, 2.05) is 18.2 Å². The fourth-order valence-corrected chi connectivity index (χ4v) is 3.07. The second kappa shape index (κ2) is 5.40. The summed E-state index contributed by atoms with van der Waals surface area (Å²) < 4.78 is 4.64. The molecule has 6 nitrogen and oxygen atoms in total. The van der Waals surface area contributed by atoms with Gasteiger partial charge in [-0.2, -0.15) is 0 Å². The Morgan fingerprint density at radius 1 is 1.23 bits per heavy atom. The normalized spacial score (nSPS) is 11.3. The molecule has 0 spiro atoms. The molecule has 114 valence electrons. The summed E-state index contributed by atoms with van der Waals surface area (Å²) in [4.78, 5) is 28.7. The number of nitrogens with zero attached hydrogens (tertiary/aromatic N) is 4. The van der Waals surface area contributed by atoms with Gasteiger partial charge in [-0.1, -0.05) is 23.7 Å². The Morgan fingerprint density at radius 2 is 1.95 bits per heavy atom. The van der Waals surface area contributed by atoms with Crippen molar-refractivity contribution < 1.29 is 0 Å². The summed E-state index contributed by atoms with van der Waals surface area (Å²) in [7, 11) is 3.04. The first-order valence-corrected chi connectivity index (χ1v) is 7.63. The molecule has 0 aliphatic heterocycles. The third-order valence-corrected chi connectivity index (χ3v) is 4.37. The van der Waals surface area contributed by atoms with E-state index in [9.17, 15) is 9.59 Å². The third-order valence-electron chi connectivity index (χ3n) is 3.53. The smallest absolute Gasteiger partial charge is 0.308 e. The van der Waals surface area contributed by atoms with Gasteiger partial charge in [-0.25, -0.2) is 9.78 Å². The van der Waals surface area contributed by atoms with Crippen molar-refractivity contribution in [3.05, 3.63) is 60.4 Å². The minimum absolute atomic E-state index is 0.349. The lowest BCUT2D eigenvalue weighted by Gasteiger charge is -2.08. The molecule has 3 aromatic rings. The van der Waals surface area contributed by atoms with Crippen molar-refractivity contribution in [2.24, 2.45) is 14.1 Å². The summed E-state index contributed by atoms with van der Waals surface area (Å²) >= 11 is 9.36. The monoisotopic (exact) mass is 382 g/mol. The van der Waals surface area contributed by atoms with Crippen molar-refractivity contribution in [1.29, 1.82) is 0 Å². The first-order chi connectivity index (χ1) is 10.4. The van der Waals surface area contributed by atoms with Crippen molar-refractivity contribution in [3.63, 3.8) is 0 Å². The van der Waals surface area contributed by atoms with Gasteiger partial charge in [0.1, 0.15) is 0 Å². The van der Waals surface area contributed by atoms with Crippen LogP contribution < -0.4 is 11.2 Å². The van der Waals surface area contributed by atoms with E-state index in [-0.39, 0.29) is 5.56 Å². The molecule has 0 saturated heterocycles. The summed E-state index contributed by atoms with van der Waals surface area (Å²) in [6.07, 6.45) is 0. The summed E-state index contributed by atoms with van der Waals surface area (Å²) in [5, 5.41) is 0.623. The maximum atomic E-state index is 12.4. The van der Waals surface area contributed by atoms with Crippen molar-refractivity contribution in [3.8, 4) is 0 Å². The average molecular weight is 384 g/mol. The molecule has 0 saturated carbocycles. The van der Waals surface area contributed by atoms with Crippen LogP contribution in [0, 0.1) is 0 Å². The van der Waals surface area contributed by atoms with Crippen LogP contribution in [0.2, 0.25) is 5.02 Å². The highest BCUT2D eigenvalue weighted by molar-refractivity contribution is 9.10. The van der Waals surface area contributed by atoms with Gasteiger partial charge in [0.25, 0.3) is 5.56 Å². The highest BCUT2D eigenvalue weighted by Crippen LogP contribution is 2.19. The Hall–Kier alpha value is -1.86. The van der Waals surface area contributed by atoms with Crippen LogP contribution in [-0.4, -0.2) is 18.7 Å². The van der Waals surface area contributed by atoms with Crippen LogP contribution in [-0.2, 0) is 20.6 Å². The molecule has 22 heavy (non-hydrogen) atoms. The first kappa shape index (κ1) is 15.1. The minimum Gasteiger partial charge on any atom is -0.308 e. The molecule has 1 aromatic carbocycles. The quantitative estimate of drug-likeness (QED) is 0.635. The van der Waals surface area contributed by atoms with Crippen LogP contribution in [0.3, 0.4) is 0 Å². The maximum Gasteiger partial charge on any atom is 0.332 e. The molecule has 0 N–H and O–H groups in total. The molecule has 0 atom stereocenters. The first-order valence-electron chi connectivity index (χ1n) is 6.46. The number of aromatic nitrogens is 4. The zero-order valence-corrected chi connectivity index (χ0v) is 14.2. The standard InChI is InChI=1S/C14H12BrClN4O2/c1-18-11-10(12(21)19(2)14(18)22)20(13(15)17-11)7-8-4-3-5-9(16)6-8/h3-6H,7H2,1-2H3. The molecule has 0 amide bonds. The molecule has 0 unspecified atom stereocenters. The zero-order valence-electron chi connectivity index (χ0n) is 11.9. The number of aryl methyl sites for hydroxylation is 1. The second-order valence-corrected chi connectivity index (χ2v) is 6.12. The summed E-state index contributed by atoms with van der Waals surface area (Å²) in [6.45, 7) is 0.422. The minimum atomic E-state index is -0.405. The average Bonchev–Trinajstić information content (AvgIpc) is 2.80. The number of fused-ring (bicyclic) bond motifs is 1. The van der Waals surface area contributed by atoms with Crippen LogP contribution in [0.15, 0.2) is 38.6 Å². The molecule has 0 aliphatic rings. The molecule has 0 aliphatic carbocycles. The summed E-state index contributed by atoms with van der Waals surface area (Å²) in [6, 6.07) is 7.37. The highest BCUT2D eigenvalue weighted by atomic mass is 79.9. The predicted octanol–water partition coefficient (Wildman–Crippen LogP) is 1.90. The van der Waals surface area contributed by atoms with Crippen molar-refractivity contribution in [2.45, 2.75) is 6.54 Å². The van der Waals surface area contributed by atoms with Crippen LogP contribution in [0.25, 0.3) is 11.2 Å². The number of halogens is 2. The predicted molar refractivity (Wildman–Crippen MR) is 88.5 cm³/mol. The van der Waals surface area contributed by atoms with Crippen LogP contribution >= 0.6 is 27.5 Å². The van der Waals surface area contributed by atoms with Crippen molar-refractivity contribution >= 4 is 38.7 Å². The molecule has 0 radical (unpaired) electrons. The van der Waals surface area contributed by atoms with E-state index in [2.05, 4.69) is 20.9 Å². The van der Waals surface area contributed by atoms with Gasteiger partial charge in [0, 0.05) is 19.1 Å². The van der Waals surface area contributed by atoms with Crippen molar-refractivity contribution in [1.82, 2.24) is 18.7 Å². The van der Waals surface area contributed by atoms with Gasteiger partial charge in [0.05, 0.1) is 6.54 Å². The number of hydrogen-bond acceptors (Lipinski definition) is 3. The lowest BCUT2D eigenvalue weighted by atomic mass is 10.2. The van der Waals surface area contributed by atoms with E-state index in [0.717, 1.165) is 10.1 Å².